The van der Waals surface area contributed by atoms with Crippen molar-refractivity contribution in [3.8, 4) is 0 Å². The molecule has 0 aliphatic heterocycles. The first-order chi connectivity index (χ1) is 6.49. The smallest absolute Gasteiger partial charge is 0.343 e. The Kier molecular flexibility index (Phi) is 6.12. The molecule has 0 amide bonds. The lowest BCUT2D eigenvalue weighted by atomic mass is 10.3. The van der Waals surface area contributed by atoms with Gasteiger partial charge in [-0.3, -0.25) is 4.79 Å². The van der Waals surface area contributed by atoms with Gasteiger partial charge in [-0.05, 0) is 38.5 Å². The second kappa shape index (κ2) is 6.54. The second-order valence-electron chi connectivity index (χ2n) is 2.85. The minimum atomic E-state index is -0.335. The van der Waals surface area contributed by atoms with Crippen molar-refractivity contribution in [2.24, 2.45) is 0 Å². The minimum absolute atomic E-state index is 0.0720. The lowest BCUT2D eigenvalue weighted by molar-refractivity contribution is -0.134. The second-order valence-corrected chi connectivity index (χ2v) is 4.92. The number of ether oxygens (including phenoxy) is 1. The third-order valence-electron chi connectivity index (χ3n) is 1.39. The molecule has 0 aromatic carbocycles. The van der Waals surface area contributed by atoms with Crippen LogP contribution in [0.15, 0.2) is 12.2 Å². The van der Waals surface area contributed by atoms with E-state index in [2.05, 4.69) is 0 Å². The van der Waals surface area contributed by atoms with E-state index in [-0.39, 0.29) is 22.2 Å². The van der Waals surface area contributed by atoms with Gasteiger partial charge in [-0.2, -0.15) is 10.5 Å². The van der Waals surface area contributed by atoms with Crippen LogP contribution in [0.3, 0.4) is 0 Å². The predicted octanol–water partition coefficient (Wildman–Crippen LogP) is 1.40. The molecule has 0 unspecified atom stereocenters. The SMILES string of the molecule is CCOC(=O)C(/C=C/C(C)=O)=S(C)C. The van der Waals surface area contributed by atoms with E-state index in [0.29, 0.717) is 11.5 Å². The summed E-state index contributed by atoms with van der Waals surface area (Å²) >= 11 is 0. The van der Waals surface area contributed by atoms with Gasteiger partial charge in [-0.1, -0.05) is 0 Å². The molecule has 14 heavy (non-hydrogen) atoms. The van der Waals surface area contributed by atoms with E-state index >= 15 is 0 Å². The number of hydrogen-bond donors (Lipinski definition) is 0. The number of ketones is 1. The third-order valence-corrected chi connectivity index (χ3v) is 2.57. The highest BCUT2D eigenvalue weighted by molar-refractivity contribution is 8.16. The summed E-state index contributed by atoms with van der Waals surface area (Å²) in [5, 5.41) is 0. The quantitative estimate of drug-likeness (QED) is 0.405. The number of carbonyl (C=O) groups excluding carboxylic acids is 2. The molecule has 0 aromatic heterocycles. The van der Waals surface area contributed by atoms with E-state index in [9.17, 15) is 9.59 Å². The molecule has 0 aliphatic rings. The summed E-state index contributed by atoms with van der Waals surface area (Å²) in [6.07, 6.45) is 6.76. The molecule has 3 nitrogen and oxygen atoms in total. The standard InChI is InChI=1S/C10H16O3S/c1-5-13-10(12)9(14(3)4)7-6-8(2)11/h6-7H,5H2,1-4H3/b7-6+. The number of rotatable bonds is 4. The van der Waals surface area contributed by atoms with Crippen LogP contribution in [0.2, 0.25) is 0 Å². The fraction of sp³-hybridized carbons (Fsp3) is 0.500. The first-order valence-electron chi connectivity index (χ1n) is 4.29. The molecule has 0 aromatic rings. The summed E-state index contributed by atoms with van der Waals surface area (Å²) in [5.74, 6) is -0.407. The lowest BCUT2D eigenvalue weighted by Gasteiger charge is -2.04. The zero-order valence-electron chi connectivity index (χ0n) is 8.99. The Hall–Kier alpha value is -0.900. The molecule has 0 rings (SSSR count). The average Bonchev–Trinajstić information content (AvgIpc) is 2.03. The Bertz CT molecular complexity index is 286. The Morgan fingerprint density at radius 2 is 1.86 bits per heavy atom. The molecule has 0 spiro atoms. The molecular formula is C10H16O3S. The van der Waals surface area contributed by atoms with Crippen LogP contribution in [0.4, 0.5) is 0 Å². The third kappa shape index (κ3) is 4.97. The van der Waals surface area contributed by atoms with Crippen molar-refractivity contribution in [3.05, 3.63) is 12.2 Å². The van der Waals surface area contributed by atoms with Crippen molar-refractivity contribution in [1.82, 2.24) is 0 Å². The molecule has 0 N–H and O–H groups in total. The van der Waals surface area contributed by atoms with Crippen LogP contribution in [-0.4, -0.2) is 35.7 Å². The molecule has 0 aliphatic carbocycles. The molecule has 0 bridgehead atoms. The Morgan fingerprint density at radius 1 is 1.29 bits per heavy atom. The van der Waals surface area contributed by atoms with Crippen molar-refractivity contribution in [1.29, 1.82) is 0 Å². The van der Waals surface area contributed by atoms with Crippen LogP contribution in [0.1, 0.15) is 13.8 Å². The summed E-state index contributed by atoms with van der Waals surface area (Å²) in [5.41, 5.74) is 0. The molecule has 0 saturated carbocycles. The number of hydrogen-bond acceptors (Lipinski definition) is 3. The van der Waals surface area contributed by atoms with E-state index in [1.54, 1.807) is 13.0 Å². The van der Waals surface area contributed by atoms with Crippen LogP contribution in [0.5, 0.6) is 0 Å². The molecule has 80 valence electrons. The monoisotopic (exact) mass is 216 g/mol. The Balaban J connectivity index is 4.73. The van der Waals surface area contributed by atoms with Gasteiger partial charge in [0, 0.05) is 0 Å². The van der Waals surface area contributed by atoms with Gasteiger partial charge in [0.15, 0.2) is 5.78 Å². The summed E-state index contributed by atoms with van der Waals surface area (Å²) in [6.45, 7) is 3.56. The highest BCUT2D eigenvalue weighted by atomic mass is 32.2. The first-order valence-corrected chi connectivity index (χ1v) is 6.33. The molecule has 0 atom stereocenters. The molecule has 0 fully saturated rings. The fourth-order valence-electron chi connectivity index (χ4n) is 0.766. The Morgan fingerprint density at radius 3 is 2.21 bits per heavy atom. The van der Waals surface area contributed by atoms with E-state index in [0.717, 1.165) is 0 Å². The van der Waals surface area contributed by atoms with Crippen molar-refractivity contribution in [3.63, 3.8) is 0 Å². The average molecular weight is 216 g/mol. The maximum atomic E-state index is 11.4. The van der Waals surface area contributed by atoms with Gasteiger partial charge in [0.05, 0.1) is 11.5 Å². The molecule has 0 saturated heterocycles. The Labute approximate surface area is 87.1 Å². The zero-order chi connectivity index (χ0) is 11.1. The van der Waals surface area contributed by atoms with Crippen molar-refractivity contribution >= 4 is 27.1 Å². The van der Waals surface area contributed by atoms with E-state index in [1.807, 2.05) is 12.5 Å². The fourth-order valence-corrected chi connectivity index (χ4v) is 1.50. The minimum Gasteiger partial charge on any atom is -0.462 e. The van der Waals surface area contributed by atoms with Gasteiger partial charge >= 0.3 is 5.97 Å². The summed E-state index contributed by atoms with van der Waals surface area (Å²) in [4.78, 5) is 22.6. The van der Waals surface area contributed by atoms with Crippen molar-refractivity contribution in [2.75, 3.05) is 19.1 Å². The molecule has 0 heterocycles. The largest absolute Gasteiger partial charge is 0.462 e. The maximum absolute atomic E-state index is 11.4. The van der Waals surface area contributed by atoms with Crippen LogP contribution in [-0.2, 0) is 14.3 Å². The maximum Gasteiger partial charge on any atom is 0.343 e. The number of carbonyl (C=O) groups is 2. The van der Waals surface area contributed by atoms with Gasteiger partial charge in [-0.25, -0.2) is 4.79 Å². The van der Waals surface area contributed by atoms with Crippen molar-refractivity contribution in [2.45, 2.75) is 13.8 Å². The normalized spacial score (nSPS) is 10.6. The summed E-state index contributed by atoms with van der Waals surface area (Å²) in [7, 11) is -0.198. The van der Waals surface area contributed by atoms with E-state index in [4.69, 9.17) is 4.74 Å². The lowest BCUT2D eigenvalue weighted by Crippen LogP contribution is -2.15. The van der Waals surface area contributed by atoms with E-state index < -0.39 is 0 Å². The highest BCUT2D eigenvalue weighted by Gasteiger charge is 2.08. The highest BCUT2D eigenvalue weighted by Crippen LogP contribution is 2.06. The predicted molar refractivity (Wildman–Crippen MR) is 60.9 cm³/mol. The number of allylic oxidation sites excluding steroid dienone is 1. The van der Waals surface area contributed by atoms with Gasteiger partial charge in [-0.15, -0.1) is 0 Å². The summed E-state index contributed by atoms with van der Waals surface area (Å²) in [6, 6.07) is 0. The molecular weight excluding hydrogens is 200 g/mol. The molecule has 4 heteroatoms. The van der Waals surface area contributed by atoms with E-state index in [1.165, 1.54) is 13.0 Å². The van der Waals surface area contributed by atoms with Crippen LogP contribution >= 0.6 is 10.5 Å². The van der Waals surface area contributed by atoms with Crippen LogP contribution in [0, 0.1) is 0 Å². The topological polar surface area (TPSA) is 43.4 Å². The zero-order valence-corrected chi connectivity index (χ0v) is 9.81. The van der Waals surface area contributed by atoms with Gasteiger partial charge < -0.3 is 4.74 Å². The van der Waals surface area contributed by atoms with Gasteiger partial charge in [0.25, 0.3) is 0 Å². The van der Waals surface area contributed by atoms with Gasteiger partial charge in [0.1, 0.15) is 0 Å². The van der Waals surface area contributed by atoms with Crippen LogP contribution < -0.4 is 0 Å². The summed E-state index contributed by atoms with van der Waals surface area (Å²) < 4.78 is 4.87. The van der Waals surface area contributed by atoms with Gasteiger partial charge in [0.2, 0.25) is 0 Å². The molecule has 0 radical (unpaired) electrons. The first kappa shape index (κ1) is 13.1. The number of esters is 1. The van der Waals surface area contributed by atoms with Crippen molar-refractivity contribution < 1.29 is 14.3 Å². The van der Waals surface area contributed by atoms with Crippen LogP contribution in [0.25, 0.3) is 0 Å².